The molecule has 0 radical (unpaired) electrons. The molecule has 2 aromatic heterocycles. The number of rotatable bonds is 17. The molecule has 0 aliphatic carbocycles. The number of ether oxygens (including phenoxy) is 3. The SMILES string of the molecule is CCC(/C=C1\Oc2ccc(Cl)cc2N1CCCS(=O)(=O)O)=C\c1oc2ccc(Cl)cc2[n+]1CCCS(=O)(=O)[O-].CCc1c(C=C2Oc3ccc(-c4ccccc4)cc3N2CS(=O)(=O)O)oc2ccc(OC)cc12. The Labute approximate surface area is 432 Å². The number of nitrogens with zero attached hydrogens (tertiary/aromatic N) is 3. The second-order valence-electron chi connectivity index (χ2n) is 16.8. The summed E-state index contributed by atoms with van der Waals surface area (Å²) in [5.74, 6) is 1.81. The van der Waals surface area contributed by atoms with E-state index in [2.05, 4.69) is 0 Å². The number of oxazole rings is 1. The number of anilines is 2. The largest absolute Gasteiger partial charge is 0.748 e. The molecular weight excluding hydrogens is 1050 g/mol. The highest BCUT2D eigenvalue weighted by Gasteiger charge is 2.32. The molecule has 22 heteroatoms. The van der Waals surface area contributed by atoms with E-state index in [4.69, 9.17) is 50.8 Å². The van der Waals surface area contributed by atoms with Gasteiger partial charge in [0, 0.05) is 57.9 Å². The topological polar surface area (TPSA) is 230 Å². The molecule has 384 valence electrons. The smallest absolute Gasteiger partial charge is 0.374 e. The van der Waals surface area contributed by atoms with Gasteiger partial charge in [-0.25, -0.2) is 8.42 Å². The van der Waals surface area contributed by atoms with Crippen molar-refractivity contribution in [3.05, 3.63) is 154 Å². The summed E-state index contributed by atoms with van der Waals surface area (Å²) < 4.78 is 130. The number of fused-ring (bicyclic) bond motifs is 4. The summed E-state index contributed by atoms with van der Waals surface area (Å²) in [6, 6.07) is 31.0. The summed E-state index contributed by atoms with van der Waals surface area (Å²) in [4.78, 5) is 3.21. The molecule has 7 aromatic rings. The molecule has 2 N–H and O–H groups in total. The fourth-order valence-electron chi connectivity index (χ4n) is 8.37. The lowest BCUT2D eigenvalue weighted by atomic mass is 10.0. The molecule has 4 heterocycles. The summed E-state index contributed by atoms with van der Waals surface area (Å²) in [5, 5.41) is 1.86. The summed E-state index contributed by atoms with van der Waals surface area (Å²) in [7, 11) is -11.2. The van der Waals surface area contributed by atoms with Crippen molar-refractivity contribution in [2.75, 3.05) is 40.8 Å². The van der Waals surface area contributed by atoms with Crippen LogP contribution in [0, 0.1) is 0 Å². The molecule has 0 saturated carbocycles. The maximum atomic E-state index is 11.9. The average molecular weight is 1100 g/mol. The van der Waals surface area contributed by atoms with Crippen molar-refractivity contribution in [3.8, 4) is 28.4 Å². The van der Waals surface area contributed by atoms with E-state index in [1.165, 1.54) is 4.90 Å². The van der Waals surface area contributed by atoms with Crippen molar-refractivity contribution < 1.29 is 66.5 Å². The van der Waals surface area contributed by atoms with Crippen LogP contribution in [0.1, 0.15) is 50.3 Å². The molecule has 9 rings (SSSR count). The van der Waals surface area contributed by atoms with Crippen molar-refractivity contribution in [1.29, 1.82) is 0 Å². The lowest BCUT2D eigenvalue weighted by Gasteiger charge is -2.18. The molecule has 2 aliphatic rings. The van der Waals surface area contributed by atoms with Gasteiger partial charge in [-0.3, -0.25) is 14.0 Å². The Balaban J connectivity index is 0.000000196. The lowest BCUT2D eigenvalue weighted by molar-refractivity contribution is -0.677. The van der Waals surface area contributed by atoms with Crippen molar-refractivity contribution >= 4 is 99.2 Å². The number of furan rings is 1. The Morgan fingerprint density at radius 3 is 2.11 bits per heavy atom. The zero-order valence-electron chi connectivity index (χ0n) is 39.5. The quantitative estimate of drug-likeness (QED) is 0.0638. The van der Waals surface area contributed by atoms with Crippen LogP contribution in [0.3, 0.4) is 0 Å². The third kappa shape index (κ3) is 13.1. The number of allylic oxidation sites excluding steroid dienone is 2. The summed E-state index contributed by atoms with van der Waals surface area (Å²) in [5.41, 5.74) is 6.66. The van der Waals surface area contributed by atoms with Crippen LogP contribution in [-0.2, 0) is 43.3 Å². The van der Waals surface area contributed by atoms with Gasteiger partial charge >= 0.3 is 5.89 Å². The summed E-state index contributed by atoms with van der Waals surface area (Å²) >= 11 is 12.4. The van der Waals surface area contributed by atoms with Gasteiger partial charge in [0.15, 0.2) is 23.9 Å². The van der Waals surface area contributed by atoms with Crippen molar-refractivity contribution in [1.82, 2.24) is 0 Å². The van der Waals surface area contributed by atoms with Crippen LogP contribution in [0.15, 0.2) is 135 Å². The van der Waals surface area contributed by atoms with E-state index in [9.17, 15) is 34.4 Å². The van der Waals surface area contributed by atoms with Crippen molar-refractivity contribution in [2.24, 2.45) is 0 Å². The Morgan fingerprint density at radius 1 is 0.740 bits per heavy atom. The molecule has 0 atom stereocenters. The number of aryl methyl sites for hydroxylation is 2. The van der Waals surface area contributed by atoms with Crippen LogP contribution >= 0.6 is 23.2 Å². The molecule has 17 nitrogen and oxygen atoms in total. The Morgan fingerprint density at radius 2 is 1.42 bits per heavy atom. The first-order valence-corrected chi connectivity index (χ1v) is 28.3. The highest BCUT2D eigenvalue weighted by molar-refractivity contribution is 7.86. The maximum Gasteiger partial charge on any atom is 0.374 e. The average Bonchev–Trinajstić information content (AvgIpc) is 4.07. The predicted octanol–water partition coefficient (Wildman–Crippen LogP) is 10.5. The zero-order chi connectivity index (χ0) is 52.2. The molecule has 0 bridgehead atoms. The highest BCUT2D eigenvalue weighted by Crippen LogP contribution is 2.44. The minimum atomic E-state index is -4.38. The predicted molar refractivity (Wildman–Crippen MR) is 279 cm³/mol. The molecule has 0 unspecified atom stereocenters. The van der Waals surface area contributed by atoms with Gasteiger partial charge < -0.3 is 32.5 Å². The Bertz CT molecular complexity index is 3650. The van der Waals surface area contributed by atoms with Crippen molar-refractivity contribution in [3.63, 3.8) is 0 Å². The molecule has 0 amide bonds. The minimum absolute atomic E-state index is 0.0851. The van der Waals surface area contributed by atoms with E-state index in [0.717, 1.165) is 27.6 Å². The van der Waals surface area contributed by atoms with Crippen LogP contribution in [-0.4, -0.2) is 69.9 Å². The lowest BCUT2D eigenvalue weighted by Crippen LogP contribution is -2.36. The highest BCUT2D eigenvalue weighted by atomic mass is 35.5. The monoisotopic (exact) mass is 1090 g/mol. The van der Waals surface area contributed by atoms with Gasteiger partial charge in [-0.15, -0.1) is 0 Å². The third-order valence-corrected chi connectivity index (χ3v) is 14.4. The normalized spacial score (nSPS) is 14.9. The molecule has 2 aliphatic heterocycles. The number of hydrogen-bond donors (Lipinski definition) is 2. The van der Waals surface area contributed by atoms with Crippen LogP contribution in [0.2, 0.25) is 10.0 Å². The van der Waals surface area contributed by atoms with Gasteiger partial charge in [-0.1, -0.05) is 73.4 Å². The first-order chi connectivity index (χ1) is 34.7. The van der Waals surface area contributed by atoms with Gasteiger partial charge in [0.1, 0.15) is 17.1 Å². The standard InChI is InChI=1S/C26H23NO6S.C25H26Cl2N2O8S2/c1-3-20-21-14-19(31-2)10-12-23(21)32-25(20)15-26-27(16-34(28,29)30)22-13-18(9-11-24(22)33-26)17-7-5-4-6-8-17;1-2-17(13-24-28(9-3-11-38(30,31)32)20-15-18(26)5-7-22(20)36-24)14-25-29(10-4-12-39(33,34)35)21-16-19(27)6-8-23(21)37-25/h4-15H,3,16H2,1-2H3,(H,28,29,30);5-8,13-16H,2-4,9-12H2,1H3,(H-,30,31,32,33,34,35). The van der Waals surface area contributed by atoms with Gasteiger partial charge in [-0.2, -0.15) is 21.4 Å². The van der Waals surface area contributed by atoms with E-state index in [1.54, 1.807) is 77.3 Å². The summed E-state index contributed by atoms with van der Waals surface area (Å²) in [6.07, 6.45) is 6.69. The van der Waals surface area contributed by atoms with Gasteiger partial charge in [0.2, 0.25) is 17.3 Å². The third-order valence-electron chi connectivity index (χ3n) is 11.7. The second kappa shape index (κ2) is 22.0. The van der Waals surface area contributed by atoms with Crippen LogP contribution < -0.4 is 28.6 Å². The van der Waals surface area contributed by atoms with Crippen LogP contribution in [0.25, 0.3) is 45.3 Å². The van der Waals surface area contributed by atoms with Gasteiger partial charge in [-0.05, 0) is 96.6 Å². The minimum Gasteiger partial charge on any atom is -0.748 e. The van der Waals surface area contributed by atoms with E-state index >= 15 is 0 Å². The molecule has 0 saturated heterocycles. The molecule has 0 fully saturated rings. The Hall–Kier alpha value is -6.36. The number of methoxy groups -OCH3 is 1. The van der Waals surface area contributed by atoms with Crippen molar-refractivity contribution in [2.45, 2.75) is 46.1 Å². The van der Waals surface area contributed by atoms with E-state index in [1.807, 2.05) is 74.5 Å². The second-order valence-corrected chi connectivity index (χ2v) is 22.2. The molecular formula is C51H49Cl2N3O14S3. The fourth-order valence-corrected chi connectivity index (χ4v) is 10.3. The van der Waals surface area contributed by atoms with Gasteiger partial charge in [0.25, 0.3) is 25.8 Å². The number of aromatic nitrogens is 1. The first-order valence-electron chi connectivity index (χ1n) is 22.8. The zero-order valence-corrected chi connectivity index (χ0v) is 43.5. The van der Waals surface area contributed by atoms with E-state index in [-0.39, 0.29) is 31.8 Å². The molecule has 73 heavy (non-hydrogen) atoms. The molecule has 5 aromatic carbocycles. The first kappa shape index (κ1) is 52.9. The Kier molecular flexibility index (Phi) is 16.0. The maximum absolute atomic E-state index is 11.9. The summed E-state index contributed by atoms with van der Waals surface area (Å²) in [6.45, 7) is 4.38. The number of hydrogen-bond acceptors (Lipinski definition) is 14. The van der Waals surface area contributed by atoms with E-state index in [0.29, 0.717) is 85.7 Å². The molecule has 0 spiro atoms. The van der Waals surface area contributed by atoms with Crippen LogP contribution in [0.4, 0.5) is 11.4 Å². The number of halogens is 2. The fraction of sp³-hybridized carbons (Fsp3) is 0.235. The number of benzene rings is 5. The van der Waals surface area contributed by atoms with E-state index < -0.39 is 47.7 Å². The van der Waals surface area contributed by atoms with Gasteiger partial charge in [0.05, 0.1) is 40.4 Å². The van der Waals surface area contributed by atoms with Crippen LogP contribution in [0.5, 0.6) is 17.2 Å².